The number of rotatable bonds is 6. The predicted octanol–water partition coefficient (Wildman–Crippen LogP) is 4.54. The van der Waals surface area contributed by atoms with Crippen LogP contribution in [0.2, 0.25) is 0 Å². The molecule has 2 N–H and O–H groups in total. The van der Waals surface area contributed by atoms with E-state index in [2.05, 4.69) is 50.2 Å². The molecule has 0 atom stereocenters. The minimum Gasteiger partial charge on any atom is -0.291 e. The van der Waals surface area contributed by atoms with Gasteiger partial charge in [0.1, 0.15) is 0 Å². The van der Waals surface area contributed by atoms with E-state index in [1.807, 2.05) is 19.1 Å². The highest BCUT2D eigenvalue weighted by atomic mass is 16.5. The smallest absolute Gasteiger partial charge is 0.0351 e. The number of nitrogens with one attached hydrogen (secondary N) is 1. The van der Waals surface area contributed by atoms with Crippen molar-refractivity contribution in [2.75, 3.05) is 0 Å². The average Bonchev–Trinajstić information content (AvgIpc) is 2.40. The largest absolute Gasteiger partial charge is 0.291 e. The zero-order valence-corrected chi connectivity index (χ0v) is 12.0. The summed E-state index contributed by atoms with van der Waals surface area (Å²) in [4.78, 5) is 0. The van der Waals surface area contributed by atoms with Crippen LogP contribution < -0.4 is 5.48 Å². The van der Waals surface area contributed by atoms with Crippen LogP contribution in [0.15, 0.2) is 48.7 Å². The third kappa shape index (κ3) is 4.76. The van der Waals surface area contributed by atoms with Crippen LogP contribution in [0.4, 0.5) is 0 Å². The van der Waals surface area contributed by atoms with Crippen LogP contribution in [0.25, 0.3) is 5.57 Å². The first-order chi connectivity index (χ1) is 9.08. The van der Waals surface area contributed by atoms with Gasteiger partial charge in [0.2, 0.25) is 0 Å². The fourth-order valence-corrected chi connectivity index (χ4v) is 1.92. The highest BCUT2D eigenvalue weighted by Crippen LogP contribution is 2.23. The van der Waals surface area contributed by atoms with Crippen molar-refractivity contribution in [1.29, 1.82) is 0 Å². The standard InChI is InChI=1S/C17H23NO/c1-5-6-7-8-16(12-15(4)18-19)17-11-13(2)9-10-14(17)3/h5,8-12,18-19H,1,6-7H2,2-4H3/b15-12+,16-8+. The first-order valence-electron chi connectivity index (χ1n) is 6.55. The Labute approximate surface area is 116 Å². The molecule has 0 heterocycles. The molecule has 0 aromatic heterocycles. The van der Waals surface area contributed by atoms with Crippen molar-refractivity contribution in [3.8, 4) is 0 Å². The molecular formula is C17H23NO. The molecule has 0 aliphatic heterocycles. The van der Waals surface area contributed by atoms with E-state index in [-0.39, 0.29) is 0 Å². The normalized spacial score (nSPS) is 12.4. The van der Waals surface area contributed by atoms with Gasteiger partial charge >= 0.3 is 0 Å². The summed E-state index contributed by atoms with van der Waals surface area (Å²) in [6, 6.07) is 6.42. The van der Waals surface area contributed by atoms with E-state index in [9.17, 15) is 0 Å². The van der Waals surface area contributed by atoms with Crippen molar-refractivity contribution in [2.24, 2.45) is 0 Å². The second kappa shape index (κ2) is 7.59. The summed E-state index contributed by atoms with van der Waals surface area (Å²) >= 11 is 0. The molecule has 0 bridgehead atoms. The quantitative estimate of drug-likeness (QED) is 0.339. The van der Waals surface area contributed by atoms with E-state index in [1.54, 1.807) is 0 Å². The van der Waals surface area contributed by atoms with Crippen LogP contribution in [0.1, 0.15) is 36.5 Å². The van der Waals surface area contributed by atoms with Crippen LogP contribution in [-0.2, 0) is 0 Å². The Bertz CT molecular complexity index is 498. The maximum atomic E-state index is 8.96. The molecule has 0 aliphatic rings. The Kier molecular flexibility index (Phi) is 6.10. The van der Waals surface area contributed by atoms with Crippen LogP contribution in [0.5, 0.6) is 0 Å². The zero-order chi connectivity index (χ0) is 14.3. The third-order valence-electron chi connectivity index (χ3n) is 2.99. The van der Waals surface area contributed by atoms with Crippen molar-refractivity contribution >= 4 is 5.57 Å². The molecule has 0 amide bonds. The maximum absolute atomic E-state index is 8.96. The van der Waals surface area contributed by atoms with E-state index in [0.29, 0.717) is 0 Å². The van der Waals surface area contributed by atoms with Crippen LogP contribution in [-0.4, -0.2) is 5.21 Å². The van der Waals surface area contributed by atoms with Crippen molar-refractivity contribution in [1.82, 2.24) is 5.48 Å². The molecule has 0 spiro atoms. The molecule has 1 rings (SSSR count). The SMILES string of the molecule is C=CCC/C=C(\C=C(/C)NO)c1cc(C)ccc1C. The monoisotopic (exact) mass is 257 g/mol. The lowest BCUT2D eigenvalue weighted by Gasteiger charge is -2.10. The minimum absolute atomic E-state index is 0.728. The van der Waals surface area contributed by atoms with Gasteiger partial charge in [-0.25, -0.2) is 0 Å². The number of allylic oxidation sites excluding steroid dienone is 5. The molecule has 1 aromatic rings. The van der Waals surface area contributed by atoms with Gasteiger partial charge in [0.15, 0.2) is 0 Å². The highest BCUT2D eigenvalue weighted by Gasteiger charge is 2.04. The molecule has 0 saturated heterocycles. The number of benzene rings is 1. The Morgan fingerprint density at radius 3 is 2.68 bits per heavy atom. The number of unbranched alkanes of at least 4 members (excludes halogenated alkanes) is 1. The number of hydrogen-bond donors (Lipinski definition) is 2. The number of aryl methyl sites for hydroxylation is 2. The van der Waals surface area contributed by atoms with Gasteiger partial charge in [0, 0.05) is 5.70 Å². The van der Waals surface area contributed by atoms with Gasteiger partial charge in [-0.2, -0.15) is 0 Å². The molecule has 19 heavy (non-hydrogen) atoms. The van der Waals surface area contributed by atoms with Gasteiger partial charge in [-0.1, -0.05) is 35.9 Å². The Morgan fingerprint density at radius 2 is 2.05 bits per heavy atom. The highest BCUT2D eigenvalue weighted by molar-refractivity contribution is 5.76. The molecule has 0 aliphatic carbocycles. The second-order valence-corrected chi connectivity index (χ2v) is 4.78. The van der Waals surface area contributed by atoms with Crippen molar-refractivity contribution in [3.63, 3.8) is 0 Å². The summed E-state index contributed by atoms with van der Waals surface area (Å²) < 4.78 is 0. The van der Waals surface area contributed by atoms with Gasteiger partial charge in [0.25, 0.3) is 0 Å². The van der Waals surface area contributed by atoms with Crippen LogP contribution in [0, 0.1) is 13.8 Å². The third-order valence-corrected chi connectivity index (χ3v) is 2.99. The van der Waals surface area contributed by atoms with Crippen molar-refractivity contribution < 1.29 is 5.21 Å². The van der Waals surface area contributed by atoms with E-state index in [4.69, 9.17) is 5.21 Å². The first-order valence-corrected chi connectivity index (χ1v) is 6.55. The fraction of sp³-hybridized carbons (Fsp3) is 0.294. The zero-order valence-electron chi connectivity index (χ0n) is 12.0. The first kappa shape index (κ1) is 15.3. The molecule has 2 nitrogen and oxygen atoms in total. The number of hydrogen-bond acceptors (Lipinski definition) is 2. The molecular weight excluding hydrogens is 234 g/mol. The molecule has 0 fully saturated rings. The topological polar surface area (TPSA) is 32.3 Å². The molecule has 1 aromatic carbocycles. The molecule has 2 heteroatoms. The predicted molar refractivity (Wildman–Crippen MR) is 82.0 cm³/mol. The lowest BCUT2D eigenvalue weighted by molar-refractivity contribution is 0.201. The molecule has 0 saturated carbocycles. The Hall–Kier alpha value is -1.80. The lowest BCUT2D eigenvalue weighted by Crippen LogP contribution is -2.03. The average molecular weight is 257 g/mol. The van der Waals surface area contributed by atoms with Crippen LogP contribution in [0.3, 0.4) is 0 Å². The van der Waals surface area contributed by atoms with Crippen LogP contribution >= 0.6 is 0 Å². The van der Waals surface area contributed by atoms with Gasteiger partial charge in [-0.05, 0) is 56.4 Å². The molecule has 0 unspecified atom stereocenters. The lowest BCUT2D eigenvalue weighted by atomic mass is 9.96. The number of hydroxylamine groups is 1. The van der Waals surface area contributed by atoms with E-state index < -0.39 is 0 Å². The van der Waals surface area contributed by atoms with Gasteiger partial charge < -0.3 is 0 Å². The Balaban J connectivity index is 3.18. The fourth-order valence-electron chi connectivity index (χ4n) is 1.92. The van der Waals surface area contributed by atoms with E-state index >= 15 is 0 Å². The van der Waals surface area contributed by atoms with Gasteiger partial charge in [-0.15, -0.1) is 6.58 Å². The summed E-state index contributed by atoms with van der Waals surface area (Å²) in [5, 5.41) is 8.96. The summed E-state index contributed by atoms with van der Waals surface area (Å²) in [6.07, 6.45) is 7.96. The summed E-state index contributed by atoms with van der Waals surface area (Å²) in [5.74, 6) is 0. The van der Waals surface area contributed by atoms with Gasteiger partial charge in [-0.3, -0.25) is 10.7 Å². The molecule has 102 valence electrons. The summed E-state index contributed by atoms with van der Waals surface area (Å²) in [6.45, 7) is 9.77. The summed E-state index contributed by atoms with van der Waals surface area (Å²) in [7, 11) is 0. The van der Waals surface area contributed by atoms with Crippen molar-refractivity contribution in [3.05, 3.63) is 65.4 Å². The van der Waals surface area contributed by atoms with E-state index in [1.165, 1.54) is 16.7 Å². The van der Waals surface area contributed by atoms with E-state index in [0.717, 1.165) is 24.1 Å². The minimum atomic E-state index is 0.728. The Morgan fingerprint density at radius 1 is 1.32 bits per heavy atom. The summed E-state index contributed by atoms with van der Waals surface area (Å²) in [5.41, 5.74) is 7.72. The molecule has 0 radical (unpaired) electrons. The second-order valence-electron chi connectivity index (χ2n) is 4.78. The van der Waals surface area contributed by atoms with Gasteiger partial charge in [0.05, 0.1) is 0 Å². The van der Waals surface area contributed by atoms with Crippen molar-refractivity contribution in [2.45, 2.75) is 33.6 Å². The maximum Gasteiger partial charge on any atom is 0.0351 e.